The third-order valence-corrected chi connectivity index (χ3v) is 1.74. The summed E-state index contributed by atoms with van der Waals surface area (Å²) < 4.78 is 5.42. The van der Waals surface area contributed by atoms with Gasteiger partial charge < -0.3 is 10.1 Å². The molecule has 0 saturated carbocycles. The highest BCUT2D eigenvalue weighted by molar-refractivity contribution is 5.85. The number of nitrogens with one attached hydrogen (secondary N) is 1. The molecule has 0 spiro atoms. The van der Waals surface area contributed by atoms with Crippen LogP contribution in [-0.4, -0.2) is 26.3 Å². The van der Waals surface area contributed by atoms with Crippen LogP contribution in [0.25, 0.3) is 0 Å². The highest BCUT2D eigenvalue weighted by Crippen LogP contribution is 2.13. The van der Waals surface area contributed by atoms with Crippen LogP contribution in [0.1, 0.15) is 19.3 Å². The fourth-order valence-electron chi connectivity index (χ4n) is 1.18. The molecule has 0 aromatic carbocycles. The Bertz CT molecular complexity index is 74.0. The topological polar surface area (TPSA) is 21.3 Å². The van der Waals surface area contributed by atoms with Crippen molar-refractivity contribution in [3.05, 3.63) is 0 Å². The molecule has 0 bridgehead atoms. The van der Waals surface area contributed by atoms with Gasteiger partial charge in [-0.3, -0.25) is 0 Å². The Hall–Kier alpha value is 0.210. The van der Waals surface area contributed by atoms with Gasteiger partial charge in [0.1, 0.15) is 0 Å². The van der Waals surface area contributed by atoms with Gasteiger partial charge in [0.25, 0.3) is 0 Å². The van der Waals surface area contributed by atoms with E-state index in [1.165, 1.54) is 19.3 Å². The van der Waals surface area contributed by atoms with Crippen LogP contribution in [0.2, 0.25) is 0 Å². The van der Waals surface area contributed by atoms with Crippen molar-refractivity contribution in [2.45, 2.75) is 25.4 Å². The molecule has 62 valence electrons. The third-order valence-electron chi connectivity index (χ3n) is 1.74. The number of rotatable bonds is 3. The third kappa shape index (κ3) is 3.40. The van der Waals surface area contributed by atoms with Gasteiger partial charge >= 0.3 is 0 Å². The largest absolute Gasteiger partial charge is 0.378 e. The molecule has 0 radical (unpaired) electrons. The summed E-state index contributed by atoms with van der Waals surface area (Å²) in [4.78, 5) is 0. The van der Waals surface area contributed by atoms with Crippen LogP contribution in [0.15, 0.2) is 0 Å². The van der Waals surface area contributed by atoms with Crippen molar-refractivity contribution >= 4 is 12.4 Å². The summed E-state index contributed by atoms with van der Waals surface area (Å²) in [6.45, 7) is 2.07. The molecule has 1 N–H and O–H groups in total. The van der Waals surface area contributed by atoms with E-state index in [1.54, 1.807) is 0 Å². The molecule has 1 heterocycles. The van der Waals surface area contributed by atoms with Crippen LogP contribution in [0.3, 0.4) is 0 Å². The quantitative estimate of drug-likeness (QED) is 0.679. The minimum Gasteiger partial charge on any atom is -0.378 e. The predicted molar refractivity (Wildman–Crippen MR) is 44.8 cm³/mol. The molecular weight excluding hydrogens is 150 g/mol. The SMILES string of the molecule is CNCCC1CCCO1.Cl. The van der Waals surface area contributed by atoms with E-state index in [1.807, 2.05) is 7.05 Å². The second-order valence-electron chi connectivity index (χ2n) is 2.53. The van der Waals surface area contributed by atoms with Crippen LogP contribution >= 0.6 is 12.4 Å². The highest BCUT2D eigenvalue weighted by Gasteiger charge is 2.13. The molecule has 1 saturated heterocycles. The summed E-state index contributed by atoms with van der Waals surface area (Å²) in [5, 5.41) is 3.11. The summed E-state index contributed by atoms with van der Waals surface area (Å²) in [5.74, 6) is 0. The van der Waals surface area contributed by atoms with Crippen molar-refractivity contribution in [1.29, 1.82) is 0 Å². The first-order valence-corrected chi connectivity index (χ1v) is 3.69. The van der Waals surface area contributed by atoms with E-state index in [0.717, 1.165) is 13.2 Å². The minimum absolute atomic E-state index is 0. The van der Waals surface area contributed by atoms with E-state index in [2.05, 4.69) is 5.32 Å². The van der Waals surface area contributed by atoms with Gasteiger partial charge in [-0.25, -0.2) is 0 Å². The Kier molecular flexibility index (Phi) is 6.08. The molecule has 3 heteroatoms. The molecule has 1 atom stereocenters. The molecule has 1 rings (SSSR count). The molecule has 0 aliphatic carbocycles. The maximum absolute atomic E-state index is 5.42. The van der Waals surface area contributed by atoms with E-state index >= 15 is 0 Å². The number of halogens is 1. The van der Waals surface area contributed by atoms with E-state index in [-0.39, 0.29) is 12.4 Å². The Balaban J connectivity index is 0.000000810. The van der Waals surface area contributed by atoms with Gasteiger partial charge in [-0.05, 0) is 32.9 Å². The lowest BCUT2D eigenvalue weighted by Gasteiger charge is -2.06. The zero-order valence-electron chi connectivity index (χ0n) is 6.43. The second kappa shape index (κ2) is 5.96. The van der Waals surface area contributed by atoms with E-state index in [0.29, 0.717) is 6.10 Å². The van der Waals surface area contributed by atoms with Crippen molar-refractivity contribution in [2.75, 3.05) is 20.2 Å². The van der Waals surface area contributed by atoms with Gasteiger partial charge in [0.05, 0.1) is 6.10 Å². The van der Waals surface area contributed by atoms with Gasteiger partial charge in [0.15, 0.2) is 0 Å². The van der Waals surface area contributed by atoms with E-state index in [9.17, 15) is 0 Å². The first kappa shape index (κ1) is 10.2. The summed E-state index contributed by atoms with van der Waals surface area (Å²) in [7, 11) is 1.98. The maximum atomic E-state index is 5.42. The Morgan fingerprint density at radius 2 is 2.40 bits per heavy atom. The fraction of sp³-hybridized carbons (Fsp3) is 1.00. The lowest BCUT2D eigenvalue weighted by molar-refractivity contribution is 0.105. The van der Waals surface area contributed by atoms with Crippen molar-refractivity contribution in [2.24, 2.45) is 0 Å². The summed E-state index contributed by atoms with van der Waals surface area (Å²) in [6, 6.07) is 0. The normalized spacial score (nSPS) is 24.3. The molecule has 1 fully saturated rings. The predicted octanol–water partition coefficient (Wildman–Crippen LogP) is 1.20. The van der Waals surface area contributed by atoms with Crippen LogP contribution in [-0.2, 0) is 4.74 Å². The molecule has 10 heavy (non-hydrogen) atoms. The van der Waals surface area contributed by atoms with Gasteiger partial charge in [0.2, 0.25) is 0 Å². The summed E-state index contributed by atoms with van der Waals surface area (Å²) >= 11 is 0. The molecular formula is C7H16ClNO. The lowest BCUT2D eigenvalue weighted by Crippen LogP contribution is -2.15. The van der Waals surface area contributed by atoms with Crippen molar-refractivity contribution in [3.63, 3.8) is 0 Å². The van der Waals surface area contributed by atoms with Crippen LogP contribution in [0.4, 0.5) is 0 Å². The molecule has 0 aromatic rings. The van der Waals surface area contributed by atoms with Crippen LogP contribution in [0, 0.1) is 0 Å². The van der Waals surface area contributed by atoms with Crippen molar-refractivity contribution < 1.29 is 4.74 Å². The maximum Gasteiger partial charge on any atom is 0.0588 e. The number of hydrogen-bond donors (Lipinski definition) is 1. The Labute approximate surface area is 68.7 Å². The fourth-order valence-corrected chi connectivity index (χ4v) is 1.18. The molecule has 1 aliphatic rings. The average Bonchev–Trinajstić information content (AvgIpc) is 2.34. The van der Waals surface area contributed by atoms with Crippen molar-refractivity contribution in [1.82, 2.24) is 5.32 Å². The monoisotopic (exact) mass is 165 g/mol. The van der Waals surface area contributed by atoms with Gasteiger partial charge in [-0.1, -0.05) is 0 Å². The average molecular weight is 166 g/mol. The Morgan fingerprint density at radius 3 is 2.90 bits per heavy atom. The van der Waals surface area contributed by atoms with Gasteiger partial charge in [-0.2, -0.15) is 0 Å². The molecule has 0 aromatic heterocycles. The standard InChI is InChI=1S/C7H15NO.ClH/c1-8-5-4-7-3-2-6-9-7;/h7-8H,2-6H2,1H3;1H. The highest BCUT2D eigenvalue weighted by atomic mass is 35.5. The van der Waals surface area contributed by atoms with Crippen molar-refractivity contribution in [3.8, 4) is 0 Å². The van der Waals surface area contributed by atoms with Gasteiger partial charge in [0, 0.05) is 6.61 Å². The van der Waals surface area contributed by atoms with Crippen LogP contribution < -0.4 is 5.32 Å². The smallest absolute Gasteiger partial charge is 0.0588 e. The minimum atomic E-state index is 0. The first-order valence-electron chi connectivity index (χ1n) is 3.69. The molecule has 0 amide bonds. The van der Waals surface area contributed by atoms with E-state index < -0.39 is 0 Å². The van der Waals surface area contributed by atoms with Gasteiger partial charge in [-0.15, -0.1) is 12.4 Å². The first-order chi connectivity index (χ1) is 4.43. The molecule has 2 nitrogen and oxygen atoms in total. The summed E-state index contributed by atoms with van der Waals surface area (Å²) in [5.41, 5.74) is 0. The lowest BCUT2D eigenvalue weighted by atomic mass is 10.2. The number of hydrogen-bond acceptors (Lipinski definition) is 2. The molecule has 1 aliphatic heterocycles. The van der Waals surface area contributed by atoms with E-state index in [4.69, 9.17) is 4.74 Å². The zero-order valence-corrected chi connectivity index (χ0v) is 7.25. The zero-order chi connectivity index (χ0) is 6.53. The Morgan fingerprint density at radius 1 is 1.60 bits per heavy atom. The van der Waals surface area contributed by atoms with Crippen LogP contribution in [0.5, 0.6) is 0 Å². The number of ether oxygens (including phenoxy) is 1. The second-order valence-corrected chi connectivity index (χ2v) is 2.53. The summed E-state index contributed by atoms with van der Waals surface area (Å²) in [6.07, 6.45) is 4.25. The molecule has 1 unspecified atom stereocenters.